The molecule has 0 unspecified atom stereocenters. The van der Waals surface area contributed by atoms with Gasteiger partial charge in [0.25, 0.3) is 0 Å². The zero-order valence-electron chi connectivity index (χ0n) is 15.2. The molecule has 0 radical (unpaired) electrons. The number of morpholine rings is 1. The van der Waals surface area contributed by atoms with E-state index in [0.29, 0.717) is 36.1 Å². The maximum absolute atomic E-state index is 14.1. The van der Waals surface area contributed by atoms with Crippen molar-refractivity contribution in [1.82, 2.24) is 14.8 Å². The minimum atomic E-state index is -0.303. The van der Waals surface area contributed by atoms with Crippen LogP contribution in [0.1, 0.15) is 11.1 Å². The van der Waals surface area contributed by atoms with Crippen LogP contribution in [-0.4, -0.2) is 41.1 Å². The minimum Gasteiger partial charge on any atom is -0.378 e. The van der Waals surface area contributed by atoms with E-state index in [4.69, 9.17) is 16.3 Å². The fourth-order valence-electron chi connectivity index (χ4n) is 3.10. The van der Waals surface area contributed by atoms with Gasteiger partial charge in [0.05, 0.1) is 19.8 Å². The summed E-state index contributed by atoms with van der Waals surface area (Å²) in [5.41, 5.74) is 1.64. The van der Waals surface area contributed by atoms with Crippen molar-refractivity contribution in [3.8, 4) is 0 Å². The van der Waals surface area contributed by atoms with Crippen LogP contribution >= 0.6 is 23.4 Å². The van der Waals surface area contributed by atoms with Crippen molar-refractivity contribution in [3.05, 3.63) is 70.5 Å². The van der Waals surface area contributed by atoms with Gasteiger partial charge in [0, 0.05) is 29.4 Å². The minimum absolute atomic E-state index is 0.303. The van der Waals surface area contributed by atoms with Crippen LogP contribution in [0.2, 0.25) is 5.02 Å². The summed E-state index contributed by atoms with van der Waals surface area (Å²) in [5.74, 6) is 0.901. The third-order valence-electron chi connectivity index (χ3n) is 4.58. The Bertz CT molecular complexity index is 911. The molecule has 0 atom stereocenters. The number of ether oxygens (including phenoxy) is 1. The summed E-state index contributed by atoms with van der Waals surface area (Å²) >= 11 is 7.61. The summed E-state index contributed by atoms with van der Waals surface area (Å²) in [6.07, 6.45) is 0. The molecule has 1 aromatic heterocycles. The smallest absolute Gasteiger partial charge is 0.228 e. The third kappa shape index (κ3) is 4.32. The van der Waals surface area contributed by atoms with Crippen molar-refractivity contribution in [3.63, 3.8) is 0 Å². The van der Waals surface area contributed by atoms with Gasteiger partial charge < -0.3 is 9.64 Å². The van der Waals surface area contributed by atoms with Gasteiger partial charge in [0.15, 0.2) is 5.16 Å². The fourth-order valence-corrected chi connectivity index (χ4v) is 4.37. The van der Waals surface area contributed by atoms with Gasteiger partial charge in [-0.25, -0.2) is 4.39 Å². The average Bonchev–Trinajstić information content (AvgIpc) is 3.11. The number of nitrogens with zero attached hydrogens (tertiary/aromatic N) is 4. The molecule has 1 saturated heterocycles. The first-order chi connectivity index (χ1) is 13.7. The lowest BCUT2D eigenvalue weighted by atomic mass is 10.2. The van der Waals surface area contributed by atoms with Crippen molar-refractivity contribution in [2.45, 2.75) is 17.5 Å². The summed E-state index contributed by atoms with van der Waals surface area (Å²) in [6.45, 7) is 3.54. The number of aromatic nitrogens is 3. The molecule has 1 aliphatic heterocycles. The van der Waals surface area contributed by atoms with Crippen molar-refractivity contribution in [2.24, 2.45) is 0 Å². The van der Waals surface area contributed by atoms with Gasteiger partial charge in [-0.1, -0.05) is 59.8 Å². The Hall–Kier alpha value is -2.09. The van der Waals surface area contributed by atoms with E-state index in [2.05, 4.69) is 31.8 Å². The summed E-state index contributed by atoms with van der Waals surface area (Å²) in [6, 6.07) is 14.9. The van der Waals surface area contributed by atoms with Gasteiger partial charge in [-0.05, 0) is 17.7 Å². The second-order valence-corrected chi connectivity index (χ2v) is 7.79. The Balaban J connectivity index is 1.61. The van der Waals surface area contributed by atoms with Crippen LogP contribution in [0.3, 0.4) is 0 Å². The number of halogens is 2. The standard InChI is InChI=1S/C20H20ClFN4OS/c21-17-7-4-8-18(22)16(17)14-28-20-24-23-19(25-9-11-27-12-10-25)26(20)13-15-5-2-1-3-6-15/h1-8H,9-14H2. The number of rotatable bonds is 6. The van der Waals surface area contributed by atoms with Crippen LogP contribution < -0.4 is 4.90 Å². The molecule has 2 aromatic carbocycles. The molecule has 5 nitrogen and oxygen atoms in total. The summed E-state index contributed by atoms with van der Waals surface area (Å²) in [5, 5.41) is 9.99. The quantitative estimate of drug-likeness (QED) is 0.560. The van der Waals surface area contributed by atoms with Crippen LogP contribution in [0.25, 0.3) is 0 Å². The highest BCUT2D eigenvalue weighted by Gasteiger charge is 2.21. The lowest BCUT2D eigenvalue weighted by Gasteiger charge is -2.28. The number of benzene rings is 2. The van der Waals surface area contributed by atoms with Crippen LogP contribution in [0, 0.1) is 5.82 Å². The van der Waals surface area contributed by atoms with Gasteiger partial charge in [-0.2, -0.15) is 0 Å². The normalized spacial score (nSPS) is 14.4. The molecule has 4 rings (SSSR count). The van der Waals surface area contributed by atoms with E-state index >= 15 is 0 Å². The van der Waals surface area contributed by atoms with Crippen molar-refractivity contribution in [2.75, 3.05) is 31.2 Å². The molecular weight excluding hydrogens is 399 g/mol. The second-order valence-electron chi connectivity index (χ2n) is 6.44. The molecule has 3 aromatic rings. The largest absolute Gasteiger partial charge is 0.378 e. The lowest BCUT2D eigenvalue weighted by molar-refractivity contribution is 0.121. The Labute approximate surface area is 172 Å². The molecule has 0 amide bonds. The maximum Gasteiger partial charge on any atom is 0.228 e. The summed E-state index contributed by atoms with van der Waals surface area (Å²) < 4.78 is 21.7. The first-order valence-corrected chi connectivity index (χ1v) is 10.4. The molecule has 8 heteroatoms. The number of hydrogen-bond donors (Lipinski definition) is 0. The Morgan fingerprint density at radius 2 is 1.82 bits per heavy atom. The first kappa shape index (κ1) is 19.2. The molecule has 146 valence electrons. The average molecular weight is 419 g/mol. The molecule has 0 aliphatic carbocycles. The lowest BCUT2D eigenvalue weighted by Crippen LogP contribution is -2.38. The van der Waals surface area contributed by atoms with Gasteiger partial charge in [0.1, 0.15) is 5.82 Å². The Kier molecular flexibility index (Phi) is 6.14. The number of anilines is 1. The maximum atomic E-state index is 14.1. The van der Waals surface area contributed by atoms with E-state index in [1.54, 1.807) is 12.1 Å². The Morgan fingerprint density at radius 3 is 2.57 bits per heavy atom. The highest BCUT2D eigenvalue weighted by Crippen LogP contribution is 2.30. The monoisotopic (exact) mass is 418 g/mol. The van der Waals surface area contributed by atoms with E-state index in [0.717, 1.165) is 29.8 Å². The zero-order valence-corrected chi connectivity index (χ0v) is 16.8. The second kappa shape index (κ2) is 8.94. The van der Waals surface area contributed by atoms with Gasteiger partial charge in [-0.15, -0.1) is 10.2 Å². The van der Waals surface area contributed by atoms with Crippen LogP contribution in [-0.2, 0) is 17.0 Å². The van der Waals surface area contributed by atoms with Gasteiger partial charge >= 0.3 is 0 Å². The predicted molar refractivity (Wildman–Crippen MR) is 110 cm³/mol. The van der Waals surface area contributed by atoms with E-state index in [1.807, 2.05) is 18.2 Å². The van der Waals surface area contributed by atoms with Crippen molar-refractivity contribution in [1.29, 1.82) is 0 Å². The first-order valence-electron chi connectivity index (χ1n) is 9.08. The molecule has 0 bridgehead atoms. The molecule has 0 saturated carbocycles. The summed E-state index contributed by atoms with van der Waals surface area (Å²) in [4.78, 5) is 2.18. The third-order valence-corrected chi connectivity index (χ3v) is 5.93. The van der Waals surface area contributed by atoms with Crippen molar-refractivity contribution < 1.29 is 9.13 Å². The van der Waals surface area contributed by atoms with Gasteiger partial charge in [-0.3, -0.25) is 4.57 Å². The summed E-state index contributed by atoms with van der Waals surface area (Å²) in [7, 11) is 0. The molecule has 0 N–H and O–H groups in total. The Morgan fingerprint density at radius 1 is 1.04 bits per heavy atom. The molecule has 1 fully saturated rings. The highest BCUT2D eigenvalue weighted by molar-refractivity contribution is 7.98. The van der Waals surface area contributed by atoms with E-state index < -0.39 is 0 Å². The molecule has 0 spiro atoms. The van der Waals surface area contributed by atoms with E-state index in [9.17, 15) is 4.39 Å². The molecule has 1 aliphatic rings. The highest BCUT2D eigenvalue weighted by atomic mass is 35.5. The van der Waals surface area contributed by atoms with E-state index in [-0.39, 0.29) is 5.82 Å². The van der Waals surface area contributed by atoms with Crippen LogP contribution in [0.4, 0.5) is 10.3 Å². The predicted octanol–water partition coefficient (Wildman–Crippen LogP) is 4.25. The molecular formula is C20H20ClFN4OS. The molecule has 2 heterocycles. The van der Waals surface area contributed by atoms with Crippen LogP contribution in [0.15, 0.2) is 53.7 Å². The topological polar surface area (TPSA) is 43.2 Å². The number of thioether (sulfide) groups is 1. The van der Waals surface area contributed by atoms with Crippen LogP contribution in [0.5, 0.6) is 0 Å². The van der Waals surface area contributed by atoms with Gasteiger partial charge in [0.2, 0.25) is 5.95 Å². The van der Waals surface area contributed by atoms with Crippen molar-refractivity contribution >= 4 is 29.3 Å². The van der Waals surface area contributed by atoms with E-state index in [1.165, 1.54) is 17.8 Å². The number of hydrogen-bond acceptors (Lipinski definition) is 5. The SMILES string of the molecule is Fc1cccc(Cl)c1CSc1nnc(N2CCOCC2)n1Cc1ccccc1. The zero-order chi connectivity index (χ0) is 19.3. The molecule has 28 heavy (non-hydrogen) atoms. The fraction of sp³-hybridized carbons (Fsp3) is 0.300.